The molecule has 1 aromatic carbocycles. The van der Waals surface area contributed by atoms with Gasteiger partial charge in [-0.1, -0.05) is 12.1 Å². The number of amides is 2. The van der Waals surface area contributed by atoms with Gasteiger partial charge in [0.1, 0.15) is 17.4 Å². The predicted octanol–water partition coefficient (Wildman–Crippen LogP) is 0.936. The van der Waals surface area contributed by atoms with E-state index in [-0.39, 0.29) is 24.5 Å². The van der Waals surface area contributed by atoms with Crippen LogP contribution in [0.15, 0.2) is 29.8 Å². The summed E-state index contributed by atoms with van der Waals surface area (Å²) in [6, 6.07) is 8.77. The van der Waals surface area contributed by atoms with E-state index in [2.05, 4.69) is 0 Å². The molecule has 6 nitrogen and oxygen atoms in total. The summed E-state index contributed by atoms with van der Waals surface area (Å²) in [4.78, 5) is 23.7. The van der Waals surface area contributed by atoms with E-state index in [4.69, 9.17) is 15.7 Å². The third-order valence-corrected chi connectivity index (χ3v) is 2.54. The van der Waals surface area contributed by atoms with Gasteiger partial charge in [0.05, 0.1) is 13.0 Å². The van der Waals surface area contributed by atoms with Crippen LogP contribution in [0.25, 0.3) is 6.08 Å². The molecule has 1 rings (SSSR count). The van der Waals surface area contributed by atoms with Crippen LogP contribution in [0.2, 0.25) is 0 Å². The van der Waals surface area contributed by atoms with E-state index >= 15 is 0 Å². The third kappa shape index (κ3) is 5.37. The normalized spacial score (nSPS) is 10.6. The van der Waals surface area contributed by atoms with Crippen molar-refractivity contribution < 1.29 is 14.3 Å². The van der Waals surface area contributed by atoms with Crippen LogP contribution in [0.1, 0.15) is 12.0 Å². The van der Waals surface area contributed by atoms with Crippen LogP contribution in [-0.2, 0) is 9.59 Å². The summed E-state index contributed by atoms with van der Waals surface area (Å²) in [7, 11) is 3.16. The molecule has 0 aromatic heterocycles. The number of carbonyl (C=O) groups is 2. The smallest absolute Gasteiger partial charge is 0.264 e. The molecule has 0 saturated heterocycles. The number of nitriles is 1. The molecule has 2 amide bonds. The molecule has 0 aliphatic carbocycles. The van der Waals surface area contributed by atoms with Gasteiger partial charge in [-0.05, 0) is 23.8 Å². The number of hydrogen-bond acceptors (Lipinski definition) is 4. The van der Waals surface area contributed by atoms with Crippen molar-refractivity contribution in [3.05, 3.63) is 35.4 Å². The van der Waals surface area contributed by atoms with E-state index in [1.165, 1.54) is 11.0 Å². The van der Waals surface area contributed by atoms with Crippen molar-refractivity contribution in [2.75, 3.05) is 20.7 Å². The molecule has 1 aromatic rings. The van der Waals surface area contributed by atoms with Gasteiger partial charge in [0, 0.05) is 14.1 Å². The first kappa shape index (κ1) is 16.2. The van der Waals surface area contributed by atoms with E-state index in [0.29, 0.717) is 11.3 Å². The lowest BCUT2D eigenvalue weighted by molar-refractivity contribution is -0.124. The molecule has 0 bridgehead atoms. The van der Waals surface area contributed by atoms with Crippen LogP contribution < -0.4 is 10.5 Å². The maximum Gasteiger partial charge on any atom is 0.264 e. The van der Waals surface area contributed by atoms with Crippen molar-refractivity contribution in [2.24, 2.45) is 5.73 Å². The van der Waals surface area contributed by atoms with E-state index < -0.39 is 5.91 Å². The zero-order valence-electron chi connectivity index (χ0n) is 12.0. The average Bonchev–Trinajstić information content (AvgIpc) is 2.44. The fourth-order valence-electron chi connectivity index (χ4n) is 1.51. The quantitative estimate of drug-likeness (QED) is 0.622. The molecule has 0 atom stereocenters. The summed E-state index contributed by atoms with van der Waals surface area (Å²) >= 11 is 0. The van der Waals surface area contributed by atoms with E-state index in [1.54, 1.807) is 38.4 Å². The van der Waals surface area contributed by atoms with Crippen LogP contribution in [0.5, 0.6) is 5.75 Å². The van der Waals surface area contributed by atoms with Crippen molar-refractivity contribution in [2.45, 2.75) is 6.42 Å². The summed E-state index contributed by atoms with van der Waals surface area (Å²) in [5, 5.41) is 9.03. The van der Waals surface area contributed by atoms with Crippen LogP contribution in [0.3, 0.4) is 0 Å². The molecular weight excluding hydrogens is 270 g/mol. The first-order valence-corrected chi connectivity index (χ1v) is 6.28. The van der Waals surface area contributed by atoms with E-state index in [9.17, 15) is 9.59 Å². The Morgan fingerprint density at radius 3 is 2.71 bits per heavy atom. The number of rotatable bonds is 6. The Kier molecular flexibility index (Phi) is 5.96. The maximum absolute atomic E-state index is 11.8. The number of likely N-dealkylation sites (N-methyl/N-ethyl adjacent to an activating group) is 1. The number of hydrogen-bond donors (Lipinski definition) is 1. The van der Waals surface area contributed by atoms with Crippen molar-refractivity contribution in [1.29, 1.82) is 5.26 Å². The fraction of sp³-hybridized carbons (Fsp3) is 0.267. The Hall–Kier alpha value is -2.81. The summed E-state index contributed by atoms with van der Waals surface area (Å²) < 4.78 is 5.37. The lowest BCUT2D eigenvalue weighted by Crippen LogP contribution is -2.22. The molecule has 110 valence electrons. The fourth-order valence-corrected chi connectivity index (χ4v) is 1.51. The SMILES string of the molecule is CN(C)C(=O)C(C#N)=Cc1cccc(OCCC(N)=O)c1. The second-order valence-electron chi connectivity index (χ2n) is 4.51. The first-order valence-electron chi connectivity index (χ1n) is 6.28. The van der Waals surface area contributed by atoms with Crippen LogP contribution in [0.4, 0.5) is 0 Å². The van der Waals surface area contributed by atoms with Crippen molar-refractivity contribution in [1.82, 2.24) is 4.90 Å². The lowest BCUT2D eigenvalue weighted by atomic mass is 10.1. The molecule has 0 unspecified atom stereocenters. The molecule has 0 fully saturated rings. The Labute approximate surface area is 123 Å². The van der Waals surface area contributed by atoms with Gasteiger partial charge in [0.25, 0.3) is 5.91 Å². The summed E-state index contributed by atoms with van der Waals surface area (Å²) in [6.07, 6.45) is 1.62. The second kappa shape index (κ2) is 7.70. The van der Waals surface area contributed by atoms with Crippen molar-refractivity contribution in [3.8, 4) is 11.8 Å². The number of primary amides is 1. The standard InChI is InChI=1S/C15H17N3O3/c1-18(2)15(20)12(10-16)8-11-4-3-5-13(9-11)21-7-6-14(17)19/h3-5,8-9H,6-7H2,1-2H3,(H2,17,19). The van der Waals surface area contributed by atoms with Gasteiger partial charge < -0.3 is 15.4 Å². The minimum Gasteiger partial charge on any atom is -0.493 e. The number of benzene rings is 1. The lowest BCUT2D eigenvalue weighted by Gasteiger charge is -2.09. The Morgan fingerprint density at radius 2 is 2.14 bits per heavy atom. The van der Waals surface area contributed by atoms with Crippen LogP contribution in [-0.4, -0.2) is 37.4 Å². The molecule has 0 aliphatic heterocycles. The van der Waals surface area contributed by atoms with Gasteiger partial charge in [-0.2, -0.15) is 5.26 Å². The first-order chi connectivity index (χ1) is 9.93. The molecular formula is C15H17N3O3. The molecule has 0 spiro atoms. The van der Waals surface area contributed by atoms with Gasteiger partial charge in [-0.15, -0.1) is 0 Å². The molecule has 2 N–H and O–H groups in total. The minimum atomic E-state index is -0.436. The number of nitrogens with two attached hydrogens (primary N) is 1. The molecule has 6 heteroatoms. The predicted molar refractivity (Wildman–Crippen MR) is 78.0 cm³/mol. The highest BCUT2D eigenvalue weighted by atomic mass is 16.5. The Morgan fingerprint density at radius 1 is 1.43 bits per heavy atom. The molecule has 0 radical (unpaired) electrons. The number of nitrogens with zero attached hydrogens (tertiary/aromatic N) is 2. The van der Waals surface area contributed by atoms with E-state index in [0.717, 1.165) is 0 Å². The summed E-state index contributed by atoms with van der Waals surface area (Å²) in [6.45, 7) is 0.185. The Bertz CT molecular complexity index is 600. The zero-order chi connectivity index (χ0) is 15.8. The largest absolute Gasteiger partial charge is 0.493 e. The topological polar surface area (TPSA) is 96.4 Å². The second-order valence-corrected chi connectivity index (χ2v) is 4.51. The van der Waals surface area contributed by atoms with Crippen molar-refractivity contribution >= 4 is 17.9 Å². The molecule has 0 heterocycles. The minimum absolute atomic E-state index is 0.0364. The van der Waals surface area contributed by atoms with Gasteiger partial charge >= 0.3 is 0 Å². The zero-order valence-corrected chi connectivity index (χ0v) is 12.0. The van der Waals surface area contributed by atoms with Gasteiger partial charge in [-0.3, -0.25) is 9.59 Å². The summed E-state index contributed by atoms with van der Waals surface area (Å²) in [5.41, 5.74) is 5.73. The van der Waals surface area contributed by atoms with Crippen molar-refractivity contribution in [3.63, 3.8) is 0 Å². The maximum atomic E-state index is 11.8. The number of carbonyl (C=O) groups excluding carboxylic acids is 2. The van der Waals surface area contributed by atoms with Crippen LogP contribution in [0, 0.1) is 11.3 Å². The molecule has 0 aliphatic rings. The van der Waals surface area contributed by atoms with E-state index in [1.807, 2.05) is 6.07 Å². The highest BCUT2D eigenvalue weighted by Crippen LogP contribution is 2.16. The Balaban J connectivity index is 2.86. The summed E-state index contributed by atoms with van der Waals surface area (Å²) in [5.74, 6) is -0.258. The van der Waals surface area contributed by atoms with Crippen LogP contribution >= 0.6 is 0 Å². The average molecular weight is 287 g/mol. The molecule has 0 saturated carbocycles. The number of ether oxygens (including phenoxy) is 1. The monoisotopic (exact) mass is 287 g/mol. The van der Waals surface area contributed by atoms with Gasteiger partial charge in [0.2, 0.25) is 5.91 Å². The highest BCUT2D eigenvalue weighted by molar-refractivity contribution is 6.01. The third-order valence-electron chi connectivity index (χ3n) is 2.54. The van der Waals surface area contributed by atoms with Gasteiger partial charge in [0.15, 0.2) is 0 Å². The molecule has 21 heavy (non-hydrogen) atoms. The highest BCUT2D eigenvalue weighted by Gasteiger charge is 2.11. The van der Waals surface area contributed by atoms with Gasteiger partial charge in [-0.25, -0.2) is 0 Å².